The molecule has 4 heteroatoms. The van der Waals surface area contributed by atoms with Crippen LogP contribution in [-0.2, 0) is 5.11 Å². The molecule has 125 valence electrons. The largest absolute Gasteiger partial charge is 0.392 e. The highest BCUT2D eigenvalue weighted by Crippen LogP contribution is 2.39. The molecule has 22 heavy (non-hydrogen) atoms. The summed E-state index contributed by atoms with van der Waals surface area (Å²) in [6.07, 6.45) is 13.6. The fraction of sp³-hybridized carbons (Fsp3) is 0.778. The molecule has 2 aliphatic carbocycles. The van der Waals surface area contributed by atoms with Gasteiger partial charge in [-0.05, 0) is 37.5 Å². The van der Waals surface area contributed by atoms with Gasteiger partial charge in [0.25, 0.3) is 0 Å². The zero-order chi connectivity index (χ0) is 15.9. The minimum Gasteiger partial charge on any atom is -0.392 e. The van der Waals surface area contributed by atoms with Crippen LogP contribution in [0.2, 0.25) is 0 Å². The smallest absolute Gasteiger partial charge is 0.100 e. The van der Waals surface area contributed by atoms with Crippen LogP contribution in [-0.4, -0.2) is 34.4 Å². The van der Waals surface area contributed by atoms with Crippen LogP contribution in [0.25, 0.3) is 0 Å². The minimum absolute atomic E-state index is 0.0305. The molecule has 0 bridgehead atoms. The summed E-state index contributed by atoms with van der Waals surface area (Å²) in [7, 11) is 0. The highest BCUT2D eigenvalue weighted by molar-refractivity contribution is 6.21. The molecule has 2 aliphatic rings. The number of rotatable bonds is 6. The summed E-state index contributed by atoms with van der Waals surface area (Å²) >= 11 is 6.34. The van der Waals surface area contributed by atoms with Crippen molar-refractivity contribution in [2.24, 2.45) is 17.8 Å². The van der Waals surface area contributed by atoms with Crippen LogP contribution in [0.3, 0.4) is 0 Å². The van der Waals surface area contributed by atoms with Gasteiger partial charge in [-0.15, -0.1) is 11.6 Å². The fourth-order valence-electron chi connectivity index (χ4n) is 3.86. The molecule has 0 aromatic carbocycles. The highest BCUT2D eigenvalue weighted by Gasteiger charge is 2.39. The standard InChI is InChI=1S/C18H28ClO3/c19-16-12-18(22)15(14(16)8-4-5-11-20)9-10-17(21)13-6-2-1-3-7-13/h4-5,9-10,13-18,21-22H,1-3,6-8,11-12H2/b5-4-,10-9+/t14-,15-,16-,17-,18-/m1/s1. The molecule has 0 aromatic heterocycles. The van der Waals surface area contributed by atoms with E-state index in [0.717, 1.165) is 12.8 Å². The number of allylic oxidation sites excluding steroid dienone is 1. The van der Waals surface area contributed by atoms with Gasteiger partial charge in [-0.2, -0.15) is 0 Å². The van der Waals surface area contributed by atoms with Crippen LogP contribution in [0, 0.1) is 17.8 Å². The average molecular weight is 328 g/mol. The van der Waals surface area contributed by atoms with Crippen LogP contribution in [0.15, 0.2) is 24.3 Å². The summed E-state index contributed by atoms with van der Waals surface area (Å²) in [5.74, 6) is 0.459. The lowest BCUT2D eigenvalue weighted by atomic mass is 9.84. The van der Waals surface area contributed by atoms with Crippen LogP contribution >= 0.6 is 11.6 Å². The molecule has 0 unspecified atom stereocenters. The maximum atomic E-state index is 10.5. The van der Waals surface area contributed by atoms with E-state index in [1.54, 1.807) is 6.08 Å². The number of hydrogen-bond donors (Lipinski definition) is 2. The van der Waals surface area contributed by atoms with Crippen molar-refractivity contribution in [1.82, 2.24) is 0 Å². The van der Waals surface area contributed by atoms with Gasteiger partial charge in [0.1, 0.15) is 6.61 Å². The lowest BCUT2D eigenvalue weighted by Crippen LogP contribution is -2.23. The third-order valence-electron chi connectivity index (χ3n) is 5.20. The molecule has 0 heterocycles. The van der Waals surface area contributed by atoms with E-state index in [4.69, 9.17) is 11.6 Å². The Balaban J connectivity index is 1.94. The molecule has 2 fully saturated rings. The van der Waals surface area contributed by atoms with E-state index in [-0.39, 0.29) is 23.8 Å². The van der Waals surface area contributed by atoms with E-state index in [9.17, 15) is 15.3 Å². The summed E-state index contributed by atoms with van der Waals surface area (Å²) in [5.41, 5.74) is 0. The second-order valence-corrected chi connectivity index (χ2v) is 7.27. The van der Waals surface area contributed by atoms with Crippen molar-refractivity contribution < 1.29 is 15.3 Å². The van der Waals surface area contributed by atoms with Gasteiger partial charge in [0.05, 0.1) is 12.2 Å². The Morgan fingerprint density at radius 1 is 1.18 bits per heavy atom. The SMILES string of the molecule is [O]C/C=C\C[C@@H]1[C@@H](/C=C/[C@@H](O)C2CCCCC2)[C@H](O)C[C@H]1Cl. The summed E-state index contributed by atoms with van der Waals surface area (Å²) in [5, 5.41) is 31.0. The first-order chi connectivity index (χ1) is 10.6. The molecule has 2 saturated carbocycles. The van der Waals surface area contributed by atoms with Crippen LogP contribution in [0.4, 0.5) is 0 Å². The van der Waals surface area contributed by atoms with Gasteiger partial charge in [-0.1, -0.05) is 43.6 Å². The molecule has 1 radical (unpaired) electrons. The highest BCUT2D eigenvalue weighted by atomic mass is 35.5. The molecule has 3 nitrogen and oxygen atoms in total. The Bertz CT molecular complexity index is 377. The number of halogens is 1. The Labute approximate surface area is 138 Å². The van der Waals surface area contributed by atoms with Crippen LogP contribution in [0.5, 0.6) is 0 Å². The molecule has 0 aromatic rings. The number of alkyl halides is 1. The van der Waals surface area contributed by atoms with Crippen molar-refractivity contribution in [2.75, 3.05) is 6.61 Å². The van der Waals surface area contributed by atoms with E-state index in [2.05, 4.69) is 0 Å². The number of aliphatic hydroxyl groups excluding tert-OH is 2. The predicted molar refractivity (Wildman–Crippen MR) is 88.3 cm³/mol. The summed E-state index contributed by atoms with van der Waals surface area (Å²) < 4.78 is 0. The molecule has 0 aliphatic heterocycles. The molecule has 0 saturated heterocycles. The lowest BCUT2D eigenvalue weighted by molar-refractivity contribution is 0.120. The molecular formula is C18H28ClO3. The number of aliphatic hydroxyl groups is 2. The van der Waals surface area contributed by atoms with E-state index in [0.29, 0.717) is 18.8 Å². The Kier molecular flexibility index (Phi) is 7.42. The molecule has 2 rings (SSSR count). The zero-order valence-electron chi connectivity index (χ0n) is 13.1. The lowest BCUT2D eigenvalue weighted by Gasteiger charge is -2.25. The second kappa shape index (κ2) is 9.07. The third kappa shape index (κ3) is 4.82. The Hall–Kier alpha value is -0.350. The predicted octanol–water partition coefficient (Wildman–Crippen LogP) is 3.47. The molecule has 5 atom stereocenters. The maximum absolute atomic E-state index is 10.5. The number of hydrogen-bond acceptors (Lipinski definition) is 2. The minimum atomic E-state index is -0.456. The van der Waals surface area contributed by atoms with Gasteiger partial charge in [0.2, 0.25) is 0 Å². The van der Waals surface area contributed by atoms with Gasteiger partial charge >= 0.3 is 0 Å². The van der Waals surface area contributed by atoms with Crippen LogP contribution < -0.4 is 0 Å². The van der Waals surface area contributed by atoms with Crippen molar-refractivity contribution in [3.8, 4) is 0 Å². The van der Waals surface area contributed by atoms with Gasteiger partial charge in [0.15, 0.2) is 0 Å². The van der Waals surface area contributed by atoms with Crippen molar-refractivity contribution >= 4 is 11.6 Å². The van der Waals surface area contributed by atoms with E-state index in [1.165, 1.54) is 19.3 Å². The first-order valence-electron chi connectivity index (χ1n) is 8.55. The monoisotopic (exact) mass is 327 g/mol. The van der Waals surface area contributed by atoms with Crippen molar-refractivity contribution in [1.29, 1.82) is 0 Å². The summed E-state index contributed by atoms with van der Waals surface area (Å²) in [4.78, 5) is 0. The van der Waals surface area contributed by atoms with E-state index >= 15 is 0 Å². The van der Waals surface area contributed by atoms with Gasteiger partial charge < -0.3 is 10.2 Å². The second-order valence-electron chi connectivity index (χ2n) is 6.71. The summed E-state index contributed by atoms with van der Waals surface area (Å²) in [6.45, 7) is -0.219. The average Bonchev–Trinajstić information content (AvgIpc) is 2.80. The van der Waals surface area contributed by atoms with Crippen molar-refractivity contribution in [3.05, 3.63) is 24.3 Å². The molecule has 2 N–H and O–H groups in total. The van der Waals surface area contributed by atoms with Gasteiger partial charge in [-0.25, -0.2) is 5.11 Å². The Morgan fingerprint density at radius 3 is 2.59 bits per heavy atom. The van der Waals surface area contributed by atoms with Gasteiger partial charge in [-0.3, -0.25) is 0 Å². The first kappa shape index (κ1) is 18.0. The van der Waals surface area contributed by atoms with E-state index in [1.807, 2.05) is 18.2 Å². The molecular weight excluding hydrogens is 300 g/mol. The summed E-state index contributed by atoms with van der Waals surface area (Å²) in [6, 6.07) is 0. The fourth-order valence-corrected chi connectivity index (χ4v) is 4.31. The topological polar surface area (TPSA) is 60.4 Å². The molecule has 0 spiro atoms. The van der Waals surface area contributed by atoms with Crippen molar-refractivity contribution in [3.63, 3.8) is 0 Å². The maximum Gasteiger partial charge on any atom is 0.100 e. The first-order valence-corrected chi connectivity index (χ1v) is 8.98. The van der Waals surface area contributed by atoms with E-state index < -0.39 is 12.2 Å². The van der Waals surface area contributed by atoms with Crippen LogP contribution in [0.1, 0.15) is 44.9 Å². The van der Waals surface area contributed by atoms with Crippen molar-refractivity contribution in [2.45, 2.75) is 62.5 Å². The molecule has 0 amide bonds. The normalized spacial score (nSPS) is 35.6. The Morgan fingerprint density at radius 2 is 1.91 bits per heavy atom. The third-order valence-corrected chi connectivity index (χ3v) is 5.71. The zero-order valence-corrected chi connectivity index (χ0v) is 13.9. The quantitative estimate of drug-likeness (QED) is 0.579. The van der Waals surface area contributed by atoms with Gasteiger partial charge in [0, 0.05) is 11.3 Å².